The zero-order valence-electron chi connectivity index (χ0n) is 15.7. The highest BCUT2D eigenvalue weighted by atomic mass is 16.6. The topological polar surface area (TPSA) is 68.7 Å². The SMILES string of the molecule is CCOC(=O)N1CCC(OC(=O)c2ccc(-c3ccccc3)nc2C)CC1. The van der Waals surface area contributed by atoms with Crippen LogP contribution in [0.5, 0.6) is 0 Å². The minimum atomic E-state index is -0.366. The van der Waals surface area contributed by atoms with E-state index < -0.39 is 0 Å². The first-order chi connectivity index (χ1) is 13.1. The summed E-state index contributed by atoms with van der Waals surface area (Å²) < 4.78 is 10.6. The van der Waals surface area contributed by atoms with Crippen LogP contribution in [-0.4, -0.2) is 47.7 Å². The number of piperidine rings is 1. The van der Waals surface area contributed by atoms with Gasteiger partial charge in [0, 0.05) is 31.5 Å². The number of carbonyl (C=O) groups excluding carboxylic acids is 2. The lowest BCUT2D eigenvalue weighted by Crippen LogP contribution is -2.41. The lowest BCUT2D eigenvalue weighted by Gasteiger charge is -2.30. The maximum atomic E-state index is 12.5. The maximum Gasteiger partial charge on any atom is 0.409 e. The number of hydrogen-bond acceptors (Lipinski definition) is 5. The van der Waals surface area contributed by atoms with Crippen molar-refractivity contribution in [2.75, 3.05) is 19.7 Å². The molecule has 1 aromatic heterocycles. The molecule has 27 heavy (non-hydrogen) atoms. The molecule has 0 N–H and O–H groups in total. The van der Waals surface area contributed by atoms with Gasteiger partial charge < -0.3 is 14.4 Å². The van der Waals surface area contributed by atoms with Crippen LogP contribution in [0.25, 0.3) is 11.3 Å². The van der Waals surface area contributed by atoms with E-state index in [2.05, 4.69) is 4.98 Å². The van der Waals surface area contributed by atoms with Gasteiger partial charge >= 0.3 is 12.1 Å². The van der Waals surface area contributed by atoms with Crippen LogP contribution in [0.1, 0.15) is 35.8 Å². The average molecular weight is 368 g/mol. The predicted molar refractivity (Wildman–Crippen MR) is 101 cm³/mol. The van der Waals surface area contributed by atoms with Crippen molar-refractivity contribution in [3.05, 3.63) is 53.7 Å². The van der Waals surface area contributed by atoms with Crippen LogP contribution >= 0.6 is 0 Å². The Morgan fingerprint density at radius 3 is 2.44 bits per heavy atom. The highest BCUT2D eigenvalue weighted by Crippen LogP contribution is 2.21. The van der Waals surface area contributed by atoms with Gasteiger partial charge in [-0.1, -0.05) is 30.3 Å². The molecule has 1 fully saturated rings. The van der Waals surface area contributed by atoms with E-state index in [9.17, 15) is 9.59 Å². The molecule has 0 aliphatic carbocycles. The summed E-state index contributed by atoms with van der Waals surface area (Å²) in [6.07, 6.45) is 0.716. The number of likely N-dealkylation sites (tertiary alicyclic amines) is 1. The lowest BCUT2D eigenvalue weighted by atomic mass is 10.1. The smallest absolute Gasteiger partial charge is 0.409 e. The molecular weight excluding hydrogens is 344 g/mol. The minimum absolute atomic E-state index is 0.198. The van der Waals surface area contributed by atoms with Crippen LogP contribution in [0.15, 0.2) is 42.5 Å². The highest BCUT2D eigenvalue weighted by Gasteiger charge is 2.26. The van der Waals surface area contributed by atoms with E-state index in [0.717, 1.165) is 11.3 Å². The highest BCUT2D eigenvalue weighted by molar-refractivity contribution is 5.91. The second kappa shape index (κ2) is 8.66. The lowest BCUT2D eigenvalue weighted by molar-refractivity contribution is 0.0107. The minimum Gasteiger partial charge on any atom is -0.459 e. The Bertz CT molecular complexity index is 799. The number of rotatable bonds is 4. The van der Waals surface area contributed by atoms with Crippen LogP contribution in [0.3, 0.4) is 0 Å². The van der Waals surface area contributed by atoms with E-state index in [-0.39, 0.29) is 18.2 Å². The zero-order valence-corrected chi connectivity index (χ0v) is 15.7. The molecule has 0 spiro atoms. The summed E-state index contributed by atoms with van der Waals surface area (Å²) >= 11 is 0. The van der Waals surface area contributed by atoms with Gasteiger partial charge in [0.2, 0.25) is 0 Å². The molecular formula is C21H24N2O4. The second-order valence-corrected chi connectivity index (χ2v) is 6.49. The third-order valence-corrected chi connectivity index (χ3v) is 4.62. The first kappa shape index (κ1) is 18.9. The molecule has 1 aromatic carbocycles. The second-order valence-electron chi connectivity index (χ2n) is 6.49. The van der Waals surface area contributed by atoms with Gasteiger partial charge in [-0.3, -0.25) is 4.98 Å². The van der Waals surface area contributed by atoms with Crippen molar-refractivity contribution in [1.82, 2.24) is 9.88 Å². The normalized spacial score (nSPS) is 14.7. The summed E-state index contributed by atoms with van der Waals surface area (Å²) in [5.74, 6) is -0.366. The van der Waals surface area contributed by atoms with Crippen LogP contribution in [-0.2, 0) is 9.47 Å². The van der Waals surface area contributed by atoms with Crippen LogP contribution in [0.2, 0.25) is 0 Å². The quantitative estimate of drug-likeness (QED) is 0.767. The van der Waals surface area contributed by atoms with Crippen LogP contribution < -0.4 is 0 Å². The number of pyridine rings is 1. The van der Waals surface area contributed by atoms with Gasteiger partial charge in [0.05, 0.1) is 23.6 Å². The number of esters is 1. The first-order valence-corrected chi connectivity index (χ1v) is 9.24. The van der Waals surface area contributed by atoms with E-state index >= 15 is 0 Å². The zero-order chi connectivity index (χ0) is 19.2. The summed E-state index contributed by atoms with van der Waals surface area (Å²) in [7, 11) is 0. The Labute approximate surface area is 159 Å². The third kappa shape index (κ3) is 4.64. The molecule has 0 radical (unpaired) electrons. The number of aromatic nitrogens is 1. The number of ether oxygens (including phenoxy) is 2. The molecule has 6 heteroatoms. The molecule has 0 bridgehead atoms. The molecule has 0 atom stereocenters. The number of amides is 1. The monoisotopic (exact) mass is 368 g/mol. The molecule has 1 aliphatic heterocycles. The summed E-state index contributed by atoms with van der Waals surface area (Å²) in [5, 5.41) is 0. The van der Waals surface area contributed by atoms with Crippen molar-refractivity contribution in [3.63, 3.8) is 0 Å². The molecule has 1 amide bonds. The van der Waals surface area contributed by atoms with E-state index in [1.165, 1.54) is 0 Å². The third-order valence-electron chi connectivity index (χ3n) is 4.62. The van der Waals surface area contributed by atoms with Crippen LogP contribution in [0, 0.1) is 6.92 Å². The first-order valence-electron chi connectivity index (χ1n) is 9.24. The molecule has 0 unspecified atom stereocenters. The van der Waals surface area contributed by atoms with E-state index in [1.807, 2.05) is 43.3 Å². The maximum absolute atomic E-state index is 12.5. The molecule has 142 valence electrons. The molecule has 6 nitrogen and oxygen atoms in total. The Hall–Kier alpha value is -2.89. The van der Waals surface area contributed by atoms with Crippen molar-refractivity contribution >= 4 is 12.1 Å². The number of carbonyl (C=O) groups is 2. The molecule has 1 saturated heterocycles. The fourth-order valence-electron chi connectivity index (χ4n) is 3.13. The fourth-order valence-corrected chi connectivity index (χ4v) is 3.13. The van der Waals surface area contributed by atoms with Crippen molar-refractivity contribution in [1.29, 1.82) is 0 Å². The molecule has 2 aromatic rings. The molecule has 3 rings (SSSR count). The average Bonchev–Trinajstić information content (AvgIpc) is 2.69. The Morgan fingerprint density at radius 1 is 1.11 bits per heavy atom. The van der Waals surface area contributed by atoms with Gasteiger partial charge in [0.25, 0.3) is 0 Å². The summed E-state index contributed by atoms with van der Waals surface area (Å²) in [4.78, 5) is 30.5. The molecule has 0 saturated carbocycles. The van der Waals surface area contributed by atoms with E-state index in [1.54, 1.807) is 17.9 Å². The van der Waals surface area contributed by atoms with E-state index in [0.29, 0.717) is 43.8 Å². The van der Waals surface area contributed by atoms with Gasteiger partial charge in [0.15, 0.2) is 0 Å². The van der Waals surface area contributed by atoms with Crippen molar-refractivity contribution in [2.45, 2.75) is 32.8 Å². The standard InChI is InChI=1S/C21H24N2O4/c1-3-26-21(25)23-13-11-17(12-14-23)27-20(24)18-9-10-19(22-15(18)2)16-7-5-4-6-8-16/h4-10,17H,3,11-14H2,1-2H3. The summed E-state index contributed by atoms with van der Waals surface area (Å²) in [6, 6.07) is 13.4. The van der Waals surface area contributed by atoms with Gasteiger partial charge in [0.1, 0.15) is 6.10 Å². The van der Waals surface area contributed by atoms with E-state index in [4.69, 9.17) is 9.47 Å². The van der Waals surface area contributed by atoms with Crippen molar-refractivity contribution in [2.24, 2.45) is 0 Å². The van der Waals surface area contributed by atoms with Crippen LogP contribution in [0.4, 0.5) is 4.79 Å². The van der Waals surface area contributed by atoms with Crippen molar-refractivity contribution in [3.8, 4) is 11.3 Å². The number of aryl methyl sites for hydroxylation is 1. The summed E-state index contributed by atoms with van der Waals surface area (Å²) in [6.45, 7) is 5.01. The number of nitrogens with zero attached hydrogens (tertiary/aromatic N) is 2. The predicted octanol–water partition coefficient (Wildman–Crippen LogP) is 3.83. The fraction of sp³-hybridized carbons (Fsp3) is 0.381. The number of benzene rings is 1. The molecule has 1 aliphatic rings. The Balaban J connectivity index is 1.60. The van der Waals surface area contributed by atoms with Gasteiger partial charge in [-0.2, -0.15) is 0 Å². The largest absolute Gasteiger partial charge is 0.459 e. The van der Waals surface area contributed by atoms with Gasteiger partial charge in [-0.05, 0) is 26.0 Å². The summed E-state index contributed by atoms with van der Waals surface area (Å²) in [5.41, 5.74) is 2.95. The Morgan fingerprint density at radius 2 is 1.81 bits per heavy atom. The van der Waals surface area contributed by atoms with Crippen molar-refractivity contribution < 1.29 is 19.1 Å². The molecule has 2 heterocycles. The number of hydrogen-bond donors (Lipinski definition) is 0. The van der Waals surface area contributed by atoms with Gasteiger partial charge in [-0.25, -0.2) is 9.59 Å². The Kier molecular flexibility index (Phi) is 6.06. The van der Waals surface area contributed by atoms with Gasteiger partial charge in [-0.15, -0.1) is 0 Å².